The second-order valence-electron chi connectivity index (χ2n) is 4.10. The molecule has 0 spiro atoms. The average molecular weight is 215 g/mol. The summed E-state index contributed by atoms with van der Waals surface area (Å²) in [6.07, 6.45) is 0.419. The summed E-state index contributed by atoms with van der Waals surface area (Å²) in [5.74, 6) is -0.163. The van der Waals surface area contributed by atoms with E-state index in [9.17, 15) is 4.79 Å². The summed E-state index contributed by atoms with van der Waals surface area (Å²) in [5.41, 5.74) is 3.31. The van der Waals surface area contributed by atoms with Crippen molar-refractivity contribution in [3.05, 3.63) is 0 Å². The van der Waals surface area contributed by atoms with Crippen molar-refractivity contribution in [2.24, 2.45) is 0 Å². The van der Waals surface area contributed by atoms with Gasteiger partial charge >= 0.3 is 5.97 Å². The molecule has 1 atom stereocenters. The van der Waals surface area contributed by atoms with Gasteiger partial charge in [0.1, 0.15) is 0 Å². The lowest BCUT2D eigenvalue weighted by molar-refractivity contribution is -0.141. The van der Waals surface area contributed by atoms with E-state index in [-0.39, 0.29) is 12.0 Å². The molecule has 5 heteroatoms. The molecule has 88 valence electrons. The number of methoxy groups -OCH3 is 1. The van der Waals surface area contributed by atoms with Crippen LogP contribution in [0, 0.1) is 0 Å². The molecule has 0 aromatic heterocycles. The molecule has 0 radical (unpaired) electrons. The summed E-state index contributed by atoms with van der Waals surface area (Å²) in [6.45, 7) is 6.13. The number of hydrogen-bond donors (Lipinski definition) is 1. The van der Waals surface area contributed by atoms with Crippen molar-refractivity contribution >= 4 is 5.97 Å². The minimum atomic E-state index is -0.163. The zero-order valence-corrected chi connectivity index (χ0v) is 9.82. The van der Waals surface area contributed by atoms with Gasteiger partial charge in [0, 0.05) is 32.2 Å². The fourth-order valence-electron chi connectivity index (χ4n) is 1.63. The third-order valence-corrected chi connectivity index (χ3v) is 2.61. The second-order valence-corrected chi connectivity index (χ2v) is 4.10. The normalized spacial score (nSPS) is 21.3. The molecule has 0 saturated carbocycles. The van der Waals surface area contributed by atoms with E-state index in [0.717, 1.165) is 26.2 Å². The summed E-state index contributed by atoms with van der Waals surface area (Å²) in [4.78, 5) is 13.3. The highest BCUT2D eigenvalue weighted by Gasteiger charge is 2.16. The first-order valence-electron chi connectivity index (χ1n) is 5.38. The van der Waals surface area contributed by atoms with Crippen LogP contribution in [0.4, 0.5) is 0 Å². The number of esters is 1. The predicted molar refractivity (Wildman–Crippen MR) is 58.3 cm³/mol. The first kappa shape index (κ1) is 12.4. The maximum atomic E-state index is 11.0. The van der Waals surface area contributed by atoms with Crippen LogP contribution < -0.4 is 5.43 Å². The van der Waals surface area contributed by atoms with Gasteiger partial charge in [0.05, 0.1) is 13.5 Å². The van der Waals surface area contributed by atoms with Gasteiger partial charge in [0.15, 0.2) is 0 Å². The molecule has 1 saturated heterocycles. The summed E-state index contributed by atoms with van der Waals surface area (Å²) < 4.78 is 4.62. The van der Waals surface area contributed by atoms with Gasteiger partial charge in [-0.3, -0.25) is 10.2 Å². The number of hydrogen-bond acceptors (Lipinski definition) is 5. The van der Waals surface area contributed by atoms with Gasteiger partial charge in [-0.1, -0.05) is 0 Å². The number of ether oxygens (including phenoxy) is 1. The van der Waals surface area contributed by atoms with E-state index < -0.39 is 0 Å². The number of rotatable bonds is 4. The molecule has 1 N–H and O–H groups in total. The molecule has 0 amide bonds. The van der Waals surface area contributed by atoms with E-state index in [1.807, 2.05) is 6.92 Å². The fourth-order valence-corrected chi connectivity index (χ4v) is 1.63. The van der Waals surface area contributed by atoms with Crippen molar-refractivity contribution in [1.29, 1.82) is 0 Å². The second kappa shape index (κ2) is 6.05. The number of hydrazine groups is 1. The maximum absolute atomic E-state index is 11.0. The Labute approximate surface area is 91.3 Å². The van der Waals surface area contributed by atoms with Gasteiger partial charge in [-0.15, -0.1) is 0 Å². The topological polar surface area (TPSA) is 44.8 Å². The molecule has 1 aliphatic rings. The third-order valence-electron chi connectivity index (χ3n) is 2.61. The molecule has 1 heterocycles. The molecule has 0 aromatic rings. The van der Waals surface area contributed by atoms with Gasteiger partial charge < -0.3 is 9.64 Å². The molecular weight excluding hydrogens is 194 g/mol. The van der Waals surface area contributed by atoms with Crippen molar-refractivity contribution in [2.45, 2.75) is 19.4 Å². The number of likely N-dealkylation sites (N-methyl/N-ethyl adjacent to an activating group) is 1. The highest BCUT2D eigenvalue weighted by atomic mass is 16.5. The largest absolute Gasteiger partial charge is 0.469 e. The summed E-state index contributed by atoms with van der Waals surface area (Å²) in [7, 11) is 3.54. The van der Waals surface area contributed by atoms with Crippen LogP contribution in [0.5, 0.6) is 0 Å². The Morgan fingerprint density at radius 3 is 2.53 bits per heavy atom. The van der Waals surface area contributed by atoms with Crippen molar-refractivity contribution in [3.63, 3.8) is 0 Å². The number of nitrogens with one attached hydrogen (secondary N) is 1. The van der Waals surface area contributed by atoms with Crippen LogP contribution in [-0.4, -0.2) is 62.3 Å². The van der Waals surface area contributed by atoms with Gasteiger partial charge in [-0.05, 0) is 14.0 Å². The lowest BCUT2D eigenvalue weighted by Gasteiger charge is -2.34. The molecule has 1 rings (SSSR count). The van der Waals surface area contributed by atoms with Crippen molar-refractivity contribution in [2.75, 3.05) is 40.3 Å². The van der Waals surface area contributed by atoms with E-state index in [0.29, 0.717) is 6.42 Å². The smallest absolute Gasteiger partial charge is 0.307 e. The molecule has 0 aliphatic carbocycles. The first-order chi connectivity index (χ1) is 7.11. The highest BCUT2D eigenvalue weighted by Crippen LogP contribution is 1.99. The first-order valence-corrected chi connectivity index (χ1v) is 5.38. The summed E-state index contributed by atoms with van der Waals surface area (Å²) in [5, 5.41) is 2.17. The predicted octanol–water partition coefficient (Wildman–Crippen LogP) is -0.310. The molecule has 0 aromatic carbocycles. The number of piperazine rings is 1. The molecule has 15 heavy (non-hydrogen) atoms. The van der Waals surface area contributed by atoms with Crippen LogP contribution in [0.2, 0.25) is 0 Å². The van der Waals surface area contributed by atoms with Gasteiger partial charge in [-0.25, -0.2) is 5.01 Å². The maximum Gasteiger partial charge on any atom is 0.307 e. The zero-order valence-electron chi connectivity index (χ0n) is 9.82. The molecule has 1 aliphatic heterocycles. The lowest BCUT2D eigenvalue weighted by Crippen LogP contribution is -2.53. The number of carbonyl (C=O) groups is 1. The van der Waals surface area contributed by atoms with Gasteiger partial charge in [0.2, 0.25) is 0 Å². The van der Waals surface area contributed by atoms with Crippen LogP contribution >= 0.6 is 0 Å². The van der Waals surface area contributed by atoms with Crippen LogP contribution in [0.3, 0.4) is 0 Å². The lowest BCUT2D eigenvalue weighted by atomic mass is 10.2. The standard InChI is InChI=1S/C10H21N3O2/c1-9(8-10(14)15-3)11-13-6-4-12(2)5-7-13/h9,11H,4-8H2,1-3H3. The molecular formula is C10H21N3O2. The average Bonchev–Trinajstić information content (AvgIpc) is 2.21. The molecule has 1 fully saturated rings. The number of nitrogens with zero attached hydrogens (tertiary/aromatic N) is 2. The monoisotopic (exact) mass is 215 g/mol. The van der Waals surface area contributed by atoms with E-state index in [2.05, 4.69) is 27.1 Å². The third kappa shape index (κ3) is 4.59. The Morgan fingerprint density at radius 1 is 1.40 bits per heavy atom. The van der Waals surface area contributed by atoms with E-state index in [1.54, 1.807) is 0 Å². The Kier molecular flexibility index (Phi) is 5.01. The van der Waals surface area contributed by atoms with Crippen LogP contribution in [0.1, 0.15) is 13.3 Å². The Balaban J connectivity index is 2.20. The minimum Gasteiger partial charge on any atom is -0.469 e. The van der Waals surface area contributed by atoms with E-state index >= 15 is 0 Å². The van der Waals surface area contributed by atoms with Crippen LogP contribution in [0.25, 0.3) is 0 Å². The fraction of sp³-hybridized carbons (Fsp3) is 0.900. The van der Waals surface area contributed by atoms with Crippen molar-refractivity contribution < 1.29 is 9.53 Å². The quantitative estimate of drug-likeness (QED) is 0.652. The van der Waals surface area contributed by atoms with Crippen molar-refractivity contribution in [1.82, 2.24) is 15.3 Å². The minimum absolute atomic E-state index is 0.140. The van der Waals surface area contributed by atoms with E-state index in [1.165, 1.54) is 7.11 Å². The number of carbonyl (C=O) groups excluding carboxylic acids is 1. The summed E-state index contributed by atoms with van der Waals surface area (Å²) >= 11 is 0. The van der Waals surface area contributed by atoms with E-state index in [4.69, 9.17) is 0 Å². The Bertz CT molecular complexity index is 203. The molecule has 5 nitrogen and oxygen atoms in total. The molecule has 1 unspecified atom stereocenters. The highest BCUT2D eigenvalue weighted by molar-refractivity contribution is 5.69. The van der Waals surface area contributed by atoms with Crippen molar-refractivity contribution in [3.8, 4) is 0 Å². The zero-order chi connectivity index (χ0) is 11.3. The van der Waals surface area contributed by atoms with Crippen LogP contribution in [-0.2, 0) is 9.53 Å². The SMILES string of the molecule is COC(=O)CC(C)NN1CCN(C)CC1. The van der Waals surface area contributed by atoms with Gasteiger partial charge in [0.25, 0.3) is 0 Å². The Hall–Kier alpha value is -0.650. The molecule has 0 bridgehead atoms. The summed E-state index contributed by atoms with van der Waals surface area (Å²) in [6, 6.07) is 0.140. The van der Waals surface area contributed by atoms with Crippen LogP contribution in [0.15, 0.2) is 0 Å². The Morgan fingerprint density at radius 2 is 2.00 bits per heavy atom. The van der Waals surface area contributed by atoms with Gasteiger partial charge in [-0.2, -0.15) is 0 Å².